The van der Waals surface area contributed by atoms with Gasteiger partial charge in [-0.1, -0.05) is 26.0 Å². The van der Waals surface area contributed by atoms with Crippen molar-refractivity contribution in [3.8, 4) is 0 Å². The SMILES string of the molecule is CCC[S+](CCC)C1CC2CC1C1CC=CC21. The molecule has 0 nitrogen and oxygen atoms in total. The van der Waals surface area contributed by atoms with E-state index in [2.05, 4.69) is 26.0 Å². The second-order valence-electron chi connectivity index (χ2n) is 6.28. The first-order valence-electron chi connectivity index (χ1n) is 7.68. The highest BCUT2D eigenvalue weighted by Crippen LogP contribution is 2.58. The summed E-state index contributed by atoms with van der Waals surface area (Å²) in [6.45, 7) is 4.76. The Morgan fingerprint density at radius 1 is 1.06 bits per heavy atom. The van der Waals surface area contributed by atoms with Gasteiger partial charge in [0.2, 0.25) is 0 Å². The van der Waals surface area contributed by atoms with E-state index in [1.54, 1.807) is 12.8 Å². The topological polar surface area (TPSA) is 0 Å². The van der Waals surface area contributed by atoms with Gasteiger partial charge < -0.3 is 0 Å². The van der Waals surface area contributed by atoms with Crippen molar-refractivity contribution in [2.24, 2.45) is 23.7 Å². The van der Waals surface area contributed by atoms with Crippen molar-refractivity contribution in [1.29, 1.82) is 0 Å². The highest BCUT2D eigenvalue weighted by molar-refractivity contribution is 7.97. The second kappa shape index (κ2) is 4.99. The fourth-order valence-corrected chi connectivity index (χ4v) is 7.99. The minimum Gasteiger partial charge on any atom is -0.0879 e. The molecule has 2 saturated carbocycles. The first-order valence-corrected chi connectivity index (χ1v) is 9.30. The predicted molar refractivity (Wildman–Crippen MR) is 78.4 cm³/mol. The molecule has 5 unspecified atom stereocenters. The molecular formula is C16H27S+. The largest absolute Gasteiger partial charge is 0.121 e. The molecule has 0 saturated heterocycles. The van der Waals surface area contributed by atoms with Crippen LogP contribution in [0.3, 0.4) is 0 Å². The lowest BCUT2D eigenvalue weighted by molar-refractivity contribution is 0.291. The van der Waals surface area contributed by atoms with Crippen molar-refractivity contribution < 1.29 is 0 Å². The van der Waals surface area contributed by atoms with E-state index in [1.807, 2.05) is 0 Å². The molecule has 0 aromatic carbocycles. The molecule has 3 rings (SSSR count). The lowest BCUT2D eigenvalue weighted by Crippen LogP contribution is -2.37. The quantitative estimate of drug-likeness (QED) is 0.511. The molecule has 3 aliphatic carbocycles. The first-order chi connectivity index (χ1) is 8.35. The average molecular weight is 251 g/mol. The standard InChI is InChI=1S/C16H27S/c1-3-8-17(9-4-2)16-11-12-10-15(16)14-7-5-6-13(12)14/h5-6,12-16H,3-4,7-11H2,1-2H3/q+1. The van der Waals surface area contributed by atoms with E-state index >= 15 is 0 Å². The molecule has 0 amide bonds. The van der Waals surface area contributed by atoms with Crippen LogP contribution in [0, 0.1) is 23.7 Å². The lowest BCUT2D eigenvalue weighted by Gasteiger charge is -2.31. The van der Waals surface area contributed by atoms with Gasteiger partial charge in [-0.05, 0) is 60.8 Å². The Balaban J connectivity index is 1.69. The van der Waals surface area contributed by atoms with Gasteiger partial charge in [-0.3, -0.25) is 0 Å². The first kappa shape index (κ1) is 12.1. The second-order valence-corrected chi connectivity index (χ2v) is 8.78. The van der Waals surface area contributed by atoms with E-state index in [1.165, 1.54) is 30.8 Å². The van der Waals surface area contributed by atoms with Gasteiger partial charge in [-0.25, -0.2) is 0 Å². The molecule has 0 heterocycles. The Morgan fingerprint density at radius 3 is 2.53 bits per heavy atom. The number of hydrogen-bond donors (Lipinski definition) is 0. The van der Waals surface area contributed by atoms with Gasteiger partial charge in [0.05, 0.1) is 0 Å². The fourth-order valence-electron chi connectivity index (χ4n) is 4.81. The van der Waals surface area contributed by atoms with Crippen LogP contribution in [0.1, 0.15) is 46.0 Å². The van der Waals surface area contributed by atoms with Gasteiger partial charge in [0.15, 0.2) is 0 Å². The van der Waals surface area contributed by atoms with Crippen LogP contribution in [0.25, 0.3) is 0 Å². The molecule has 2 fully saturated rings. The Hall–Kier alpha value is 0.0900. The molecule has 0 spiro atoms. The van der Waals surface area contributed by atoms with Crippen molar-refractivity contribution >= 4 is 10.9 Å². The monoisotopic (exact) mass is 251 g/mol. The third-order valence-electron chi connectivity index (χ3n) is 5.30. The third kappa shape index (κ3) is 1.99. The van der Waals surface area contributed by atoms with Crippen LogP contribution in [-0.4, -0.2) is 16.8 Å². The van der Waals surface area contributed by atoms with Crippen molar-refractivity contribution in [1.82, 2.24) is 0 Å². The molecule has 3 aliphatic rings. The summed E-state index contributed by atoms with van der Waals surface area (Å²) in [7, 11) is 0.763. The summed E-state index contributed by atoms with van der Waals surface area (Å²) < 4.78 is 0. The molecule has 17 heavy (non-hydrogen) atoms. The maximum Gasteiger partial charge on any atom is 0.121 e. The van der Waals surface area contributed by atoms with Crippen LogP contribution in [0.15, 0.2) is 12.2 Å². The molecule has 0 aromatic rings. The summed E-state index contributed by atoms with van der Waals surface area (Å²) >= 11 is 0. The molecule has 0 aliphatic heterocycles. The van der Waals surface area contributed by atoms with Crippen molar-refractivity contribution in [3.05, 3.63) is 12.2 Å². The Labute approximate surface area is 110 Å². The highest BCUT2D eigenvalue weighted by atomic mass is 32.2. The van der Waals surface area contributed by atoms with Crippen LogP contribution < -0.4 is 0 Å². The molecule has 5 atom stereocenters. The normalized spacial score (nSPS) is 42.6. The van der Waals surface area contributed by atoms with Gasteiger partial charge >= 0.3 is 0 Å². The van der Waals surface area contributed by atoms with Gasteiger partial charge in [0.25, 0.3) is 0 Å². The number of rotatable bonds is 5. The van der Waals surface area contributed by atoms with Gasteiger partial charge in [-0.15, -0.1) is 0 Å². The van der Waals surface area contributed by atoms with Crippen LogP contribution in [-0.2, 0) is 10.9 Å². The molecule has 2 bridgehead atoms. The summed E-state index contributed by atoms with van der Waals surface area (Å²) in [5.74, 6) is 7.31. The molecule has 0 N–H and O–H groups in total. The molecule has 0 radical (unpaired) electrons. The van der Waals surface area contributed by atoms with Gasteiger partial charge in [-0.2, -0.15) is 0 Å². The average Bonchev–Trinajstić information content (AvgIpc) is 3.00. The Morgan fingerprint density at radius 2 is 1.82 bits per heavy atom. The zero-order valence-corrected chi connectivity index (χ0v) is 12.2. The Kier molecular flexibility index (Phi) is 3.57. The lowest BCUT2D eigenvalue weighted by atomic mass is 9.81. The van der Waals surface area contributed by atoms with E-state index in [9.17, 15) is 0 Å². The van der Waals surface area contributed by atoms with Crippen LogP contribution in [0.2, 0.25) is 0 Å². The van der Waals surface area contributed by atoms with Gasteiger partial charge in [0, 0.05) is 5.92 Å². The van der Waals surface area contributed by atoms with Crippen molar-refractivity contribution in [3.63, 3.8) is 0 Å². The summed E-state index contributed by atoms with van der Waals surface area (Å²) in [4.78, 5) is 0. The third-order valence-corrected chi connectivity index (χ3v) is 8.57. The summed E-state index contributed by atoms with van der Waals surface area (Å²) in [5.41, 5.74) is 0. The fraction of sp³-hybridized carbons (Fsp3) is 0.875. The predicted octanol–water partition coefficient (Wildman–Crippen LogP) is 4.03. The van der Waals surface area contributed by atoms with E-state index in [0.29, 0.717) is 0 Å². The summed E-state index contributed by atoms with van der Waals surface area (Å²) in [6, 6.07) is 0. The van der Waals surface area contributed by atoms with Crippen molar-refractivity contribution in [2.75, 3.05) is 11.5 Å². The minimum absolute atomic E-state index is 0.763. The number of fused-ring (bicyclic) bond motifs is 5. The number of allylic oxidation sites excluding steroid dienone is 2. The summed E-state index contributed by atoms with van der Waals surface area (Å²) in [6.07, 6.45) is 12.4. The van der Waals surface area contributed by atoms with E-state index < -0.39 is 0 Å². The zero-order valence-electron chi connectivity index (χ0n) is 11.4. The molecular weight excluding hydrogens is 224 g/mol. The highest BCUT2D eigenvalue weighted by Gasteiger charge is 2.57. The minimum atomic E-state index is 0.763. The maximum absolute atomic E-state index is 2.56. The smallest absolute Gasteiger partial charge is 0.0879 e. The van der Waals surface area contributed by atoms with Crippen LogP contribution >= 0.6 is 0 Å². The number of hydrogen-bond acceptors (Lipinski definition) is 0. The van der Waals surface area contributed by atoms with Crippen molar-refractivity contribution in [2.45, 2.75) is 51.2 Å². The van der Waals surface area contributed by atoms with Crippen LogP contribution in [0.5, 0.6) is 0 Å². The van der Waals surface area contributed by atoms with E-state index in [-0.39, 0.29) is 0 Å². The maximum atomic E-state index is 2.56. The zero-order chi connectivity index (χ0) is 11.8. The summed E-state index contributed by atoms with van der Waals surface area (Å²) in [5, 5.41) is 1.13. The molecule has 96 valence electrons. The van der Waals surface area contributed by atoms with Crippen LogP contribution in [0.4, 0.5) is 0 Å². The molecule has 0 aromatic heterocycles. The van der Waals surface area contributed by atoms with Gasteiger partial charge in [0.1, 0.15) is 16.8 Å². The van der Waals surface area contributed by atoms with E-state index in [4.69, 9.17) is 0 Å². The molecule has 1 heteroatoms. The Bertz CT molecular complexity index is 290. The van der Waals surface area contributed by atoms with E-state index in [0.717, 1.165) is 39.8 Å².